The molecule has 1 amide bonds. The number of benzene rings is 1. The second-order valence-electron chi connectivity index (χ2n) is 6.16. The minimum absolute atomic E-state index is 0.00353. The highest BCUT2D eigenvalue weighted by molar-refractivity contribution is 5.99. The fourth-order valence-corrected chi connectivity index (χ4v) is 3.41. The number of nitrogens with zero attached hydrogens (tertiary/aromatic N) is 2. The van der Waals surface area contributed by atoms with Gasteiger partial charge in [0, 0.05) is 29.4 Å². The Hall–Kier alpha value is -2.56. The van der Waals surface area contributed by atoms with Crippen molar-refractivity contribution in [3.05, 3.63) is 53.3 Å². The molecule has 0 unspecified atom stereocenters. The number of rotatable bonds is 2. The van der Waals surface area contributed by atoms with Gasteiger partial charge in [0.05, 0.1) is 6.04 Å². The summed E-state index contributed by atoms with van der Waals surface area (Å²) in [4.78, 5) is 22.6. The number of hydrogen-bond acceptors (Lipinski definition) is 3. The van der Waals surface area contributed by atoms with Crippen molar-refractivity contribution in [3.63, 3.8) is 0 Å². The molecule has 3 heterocycles. The third-order valence-corrected chi connectivity index (χ3v) is 4.59. The lowest BCUT2D eigenvalue weighted by molar-refractivity contribution is 0.0699. The highest BCUT2D eigenvalue weighted by Crippen LogP contribution is 2.34. The number of imidazole rings is 1. The van der Waals surface area contributed by atoms with Crippen LogP contribution in [0.25, 0.3) is 11.0 Å². The summed E-state index contributed by atoms with van der Waals surface area (Å²) >= 11 is 0. The molecule has 1 fully saturated rings. The van der Waals surface area contributed by atoms with Gasteiger partial charge in [-0.05, 0) is 32.8 Å². The molecule has 1 aliphatic rings. The van der Waals surface area contributed by atoms with E-state index in [2.05, 4.69) is 9.97 Å². The van der Waals surface area contributed by atoms with Crippen LogP contribution in [0.5, 0.6) is 0 Å². The number of carbonyl (C=O) groups excluding carboxylic acids is 1. The zero-order valence-corrected chi connectivity index (χ0v) is 13.3. The first-order chi connectivity index (χ1) is 11.1. The lowest BCUT2D eigenvalue weighted by Gasteiger charge is -2.22. The summed E-state index contributed by atoms with van der Waals surface area (Å²) in [6.45, 7) is 4.65. The van der Waals surface area contributed by atoms with Crippen LogP contribution in [-0.4, -0.2) is 27.3 Å². The zero-order valence-electron chi connectivity index (χ0n) is 13.3. The first-order valence-electron chi connectivity index (χ1n) is 7.96. The first-order valence-corrected chi connectivity index (χ1v) is 7.96. The Morgan fingerprint density at radius 2 is 2.17 bits per heavy atom. The molecule has 0 spiro atoms. The number of fused-ring (bicyclic) bond motifs is 1. The van der Waals surface area contributed by atoms with E-state index >= 15 is 0 Å². The van der Waals surface area contributed by atoms with Crippen LogP contribution in [0.2, 0.25) is 0 Å². The largest absolute Gasteiger partial charge is 0.451 e. The van der Waals surface area contributed by atoms with Gasteiger partial charge in [-0.1, -0.05) is 18.2 Å². The van der Waals surface area contributed by atoms with Crippen molar-refractivity contribution in [1.82, 2.24) is 14.9 Å². The van der Waals surface area contributed by atoms with Crippen LogP contribution in [0.3, 0.4) is 0 Å². The van der Waals surface area contributed by atoms with Gasteiger partial charge in [-0.25, -0.2) is 4.98 Å². The molecule has 5 heteroatoms. The minimum Gasteiger partial charge on any atom is -0.451 e. The summed E-state index contributed by atoms with van der Waals surface area (Å²) < 4.78 is 5.84. The number of likely N-dealkylation sites (tertiary alicyclic amines) is 1. The average molecular weight is 309 g/mol. The number of furan rings is 1. The number of amides is 1. The van der Waals surface area contributed by atoms with Crippen molar-refractivity contribution in [3.8, 4) is 0 Å². The molecular weight excluding hydrogens is 290 g/mol. The third-order valence-electron chi connectivity index (χ3n) is 4.59. The smallest absolute Gasteiger partial charge is 0.290 e. The predicted octanol–water partition coefficient (Wildman–Crippen LogP) is 3.75. The Bertz CT molecular complexity index is 877. The lowest BCUT2D eigenvalue weighted by Crippen LogP contribution is -2.31. The molecule has 2 aromatic heterocycles. The van der Waals surface area contributed by atoms with Gasteiger partial charge in [-0.2, -0.15) is 0 Å². The van der Waals surface area contributed by atoms with Gasteiger partial charge < -0.3 is 14.3 Å². The molecule has 0 saturated carbocycles. The summed E-state index contributed by atoms with van der Waals surface area (Å²) in [6.07, 6.45) is 3.72. The summed E-state index contributed by atoms with van der Waals surface area (Å²) in [5, 5.41) is 1.00. The van der Waals surface area contributed by atoms with Crippen LogP contribution >= 0.6 is 0 Å². The van der Waals surface area contributed by atoms with Crippen molar-refractivity contribution < 1.29 is 9.21 Å². The van der Waals surface area contributed by atoms with Gasteiger partial charge in [-0.15, -0.1) is 0 Å². The van der Waals surface area contributed by atoms with E-state index < -0.39 is 0 Å². The second kappa shape index (κ2) is 5.26. The normalized spacial score (nSPS) is 18.0. The van der Waals surface area contributed by atoms with Crippen LogP contribution < -0.4 is 0 Å². The zero-order chi connectivity index (χ0) is 16.0. The van der Waals surface area contributed by atoms with Crippen molar-refractivity contribution >= 4 is 16.9 Å². The van der Waals surface area contributed by atoms with E-state index in [1.165, 1.54) is 0 Å². The topological polar surface area (TPSA) is 62.1 Å². The molecule has 1 aliphatic heterocycles. The van der Waals surface area contributed by atoms with Crippen LogP contribution in [0, 0.1) is 13.8 Å². The second-order valence-corrected chi connectivity index (χ2v) is 6.16. The van der Waals surface area contributed by atoms with E-state index in [9.17, 15) is 4.79 Å². The van der Waals surface area contributed by atoms with Crippen molar-refractivity contribution in [2.45, 2.75) is 32.7 Å². The number of hydrogen-bond donors (Lipinski definition) is 1. The lowest BCUT2D eigenvalue weighted by atomic mass is 10.1. The summed E-state index contributed by atoms with van der Waals surface area (Å²) in [5.74, 6) is 1.26. The van der Waals surface area contributed by atoms with E-state index in [0.717, 1.165) is 47.4 Å². The standard InChI is InChI=1S/C18H19N3O2/c1-11-10-19-17(20-11)14-7-5-9-21(14)18(22)16-12(2)13-6-3-4-8-15(13)23-16/h3-4,6,8,10,14H,5,7,9H2,1-2H3,(H,19,20)/t14-/m0/s1. The van der Waals surface area contributed by atoms with Gasteiger partial charge in [-0.3, -0.25) is 4.79 Å². The molecule has 0 aliphatic carbocycles. The molecule has 1 atom stereocenters. The Kier molecular flexibility index (Phi) is 3.22. The van der Waals surface area contributed by atoms with Gasteiger partial charge in [0.1, 0.15) is 11.4 Å². The number of para-hydroxylation sites is 1. The molecule has 0 radical (unpaired) electrons. The third kappa shape index (κ3) is 2.23. The quantitative estimate of drug-likeness (QED) is 0.784. The van der Waals surface area contributed by atoms with Crippen molar-refractivity contribution in [1.29, 1.82) is 0 Å². The van der Waals surface area contributed by atoms with E-state index in [1.54, 1.807) is 0 Å². The molecule has 1 N–H and O–H groups in total. The first kappa shape index (κ1) is 14.1. The number of H-pyrrole nitrogens is 1. The van der Waals surface area contributed by atoms with Gasteiger partial charge >= 0.3 is 0 Å². The number of nitrogens with one attached hydrogen (secondary N) is 1. The van der Waals surface area contributed by atoms with Crippen molar-refractivity contribution in [2.75, 3.05) is 6.54 Å². The fraction of sp³-hybridized carbons (Fsp3) is 0.333. The monoisotopic (exact) mass is 309 g/mol. The van der Waals surface area contributed by atoms with Crippen molar-refractivity contribution in [2.24, 2.45) is 0 Å². The molecule has 118 valence electrons. The fourth-order valence-electron chi connectivity index (χ4n) is 3.41. The number of carbonyl (C=O) groups is 1. The molecule has 3 aromatic rings. The van der Waals surface area contributed by atoms with Crippen LogP contribution in [0.4, 0.5) is 0 Å². The number of aromatic amines is 1. The van der Waals surface area contributed by atoms with Gasteiger partial charge in [0.2, 0.25) is 0 Å². The van der Waals surface area contributed by atoms with E-state index in [-0.39, 0.29) is 11.9 Å². The predicted molar refractivity (Wildman–Crippen MR) is 87.3 cm³/mol. The average Bonchev–Trinajstić information content (AvgIpc) is 3.26. The van der Waals surface area contributed by atoms with Gasteiger partial charge in [0.25, 0.3) is 5.91 Å². The highest BCUT2D eigenvalue weighted by Gasteiger charge is 2.34. The van der Waals surface area contributed by atoms with Crippen LogP contribution in [0.1, 0.15) is 46.5 Å². The maximum Gasteiger partial charge on any atom is 0.290 e. The molecule has 1 saturated heterocycles. The summed E-state index contributed by atoms with van der Waals surface area (Å²) in [5.41, 5.74) is 2.68. The summed E-state index contributed by atoms with van der Waals surface area (Å²) in [7, 11) is 0. The highest BCUT2D eigenvalue weighted by atomic mass is 16.3. The van der Waals surface area contributed by atoms with Gasteiger partial charge in [0.15, 0.2) is 5.76 Å². The molecule has 5 nitrogen and oxygen atoms in total. The number of aryl methyl sites for hydroxylation is 2. The van der Waals surface area contributed by atoms with Crippen LogP contribution in [0.15, 0.2) is 34.9 Å². The van der Waals surface area contributed by atoms with E-state index in [1.807, 2.05) is 49.2 Å². The summed E-state index contributed by atoms with van der Waals surface area (Å²) in [6, 6.07) is 7.77. The Balaban J connectivity index is 1.71. The Morgan fingerprint density at radius 1 is 1.35 bits per heavy atom. The Labute approximate surface area is 134 Å². The SMILES string of the molecule is Cc1cnc([C@@H]2CCCN2C(=O)c2oc3ccccc3c2C)[nH]1. The molecular formula is C18H19N3O2. The molecule has 1 aromatic carbocycles. The number of aromatic nitrogens is 2. The minimum atomic E-state index is -0.0461. The van der Waals surface area contributed by atoms with E-state index in [0.29, 0.717) is 5.76 Å². The molecule has 4 rings (SSSR count). The Morgan fingerprint density at radius 3 is 2.91 bits per heavy atom. The van der Waals surface area contributed by atoms with Crippen LogP contribution in [-0.2, 0) is 0 Å². The maximum absolute atomic E-state index is 13.0. The van der Waals surface area contributed by atoms with E-state index in [4.69, 9.17) is 4.42 Å². The molecule has 0 bridgehead atoms. The molecule has 23 heavy (non-hydrogen) atoms. The maximum atomic E-state index is 13.0.